The van der Waals surface area contributed by atoms with E-state index in [1.807, 2.05) is 6.08 Å². The molecule has 6 heteroatoms. The van der Waals surface area contributed by atoms with E-state index in [1.165, 1.54) is 148 Å². The van der Waals surface area contributed by atoms with Crippen LogP contribution < -0.4 is 0 Å². The number of hydrogen-bond donors (Lipinski definition) is 0. The summed E-state index contributed by atoms with van der Waals surface area (Å²) in [5.74, 6) is -0.984. The molecule has 1 atom stereocenters. The molecular formula is C60H104O6. The largest absolute Gasteiger partial charge is 0.462 e. The highest BCUT2D eigenvalue weighted by Gasteiger charge is 2.19. The Kier molecular flexibility index (Phi) is 51.9. The van der Waals surface area contributed by atoms with Crippen LogP contribution in [0, 0.1) is 0 Å². The Balaban J connectivity index is 4.32. The lowest BCUT2D eigenvalue weighted by Gasteiger charge is -2.18. The minimum absolute atomic E-state index is 0.102. The van der Waals surface area contributed by atoms with Crippen molar-refractivity contribution in [2.24, 2.45) is 0 Å². The maximum Gasteiger partial charge on any atom is 0.306 e. The maximum atomic E-state index is 12.8. The van der Waals surface area contributed by atoms with Crippen molar-refractivity contribution in [3.63, 3.8) is 0 Å². The highest BCUT2D eigenvalue weighted by Crippen LogP contribution is 2.16. The van der Waals surface area contributed by atoms with Crippen molar-refractivity contribution in [1.29, 1.82) is 0 Å². The Bertz CT molecular complexity index is 1240. The topological polar surface area (TPSA) is 78.9 Å². The number of esters is 3. The molecule has 0 fully saturated rings. The van der Waals surface area contributed by atoms with Crippen LogP contribution in [0.4, 0.5) is 0 Å². The second kappa shape index (κ2) is 54.5. The number of carbonyl (C=O) groups excluding carboxylic acids is 3. The molecule has 380 valence electrons. The number of unbranched alkanes of at least 4 members (excludes halogenated alkanes) is 27. The molecule has 0 radical (unpaired) electrons. The first-order chi connectivity index (χ1) is 32.5. The van der Waals surface area contributed by atoms with Gasteiger partial charge in [0.15, 0.2) is 6.10 Å². The average molecular weight is 921 g/mol. The first kappa shape index (κ1) is 62.8. The van der Waals surface area contributed by atoms with Crippen molar-refractivity contribution in [1.82, 2.24) is 0 Å². The molecule has 66 heavy (non-hydrogen) atoms. The molecule has 0 bridgehead atoms. The fourth-order valence-electron chi connectivity index (χ4n) is 7.82. The van der Waals surface area contributed by atoms with Crippen molar-refractivity contribution in [2.75, 3.05) is 13.2 Å². The summed E-state index contributed by atoms with van der Waals surface area (Å²) in [5.41, 5.74) is 0. The third kappa shape index (κ3) is 51.8. The van der Waals surface area contributed by atoms with Crippen molar-refractivity contribution in [2.45, 2.75) is 277 Å². The molecule has 0 aromatic carbocycles. The van der Waals surface area contributed by atoms with Crippen LogP contribution in [0.5, 0.6) is 0 Å². The van der Waals surface area contributed by atoms with Crippen LogP contribution in [0.2, 0.25) is 0 Å². The standard InChI is InChI=1S/C60H104O6/c1-4-7-10-13-16-19-21-23-25-27-29-30-32-33-35-37-39-41-44-47-50-53-59(62)65-56-57(55-64-58(61)52-49-46-43-18-15-12-9-6-3)66-60(63)54-51-48-45-42-40-38-36-34-31-28-26-24-22-20-17-14-11-8-5-2/h8,11,17,20,24,26,31,34,38,40,45,48,57H,4-7,9-10,12-16,18-19,21-23,25,27-30,32-33,35-37,39,41-44,46-47,49-56H2,1-3H3/b11-8-,20-17-,26-24-,34-31-,40-38-,48-45-. The van der Waals surface area contributed by atoms with E-state index in [2.05, 4.69) is 87.6 Å². The zero-order valence-electron chi connectivity index (χ0n) is 43.4. The van der Waals surface area contributed by atoms with E-state index in [-0.39, 0.29) is 37.5 Å². The second-order valence-electron chi connectivity index (χ2n) is 18.5. The molecule has 0 aromatic rings. The molecule has 6 nitrogen and oxygen atoms in total. The van der Waals surface area contributed by atoms with Crippen LogP contribution in [0.1, 0.15) is 271 Å². The van der Waals surface area contributed by atoms with E-state index < -0.39 is 6.10 Å². The first-order valence-corrected chi connectivity index (χ1v) is 27.9. The van der Waals surface area contributed by atoms with Gasteiger partial charge in [0.1, 0.15) is 13.2 Å². The van der Waals surface area contributed by atoms with Crippen LogP contribution in [0.15, 0.2) is 72.9 Å². The number of hydrogen-bond acceptors (Lipinski definition) is 6. The van der Waals surface area contributed by atoms with Gasteiger partial charge in [-0.2, -0.15) is 0 Å². The molecule has 0 amide bonds. The van der Waals surface area contributed by atoms with E-state index in [9.17, 15) is 14.4 Å². The summed E-state index contributed by atoms with van der Waals surface area (Å²) in [7, 11) is 0. The van der Waals surface area contributed by atoms with Gasteiger partial charge >= 0.3 is 17.9 Å². The molecule has 0 aliphatic rings. The summed E-state index contributed by atoms with van der Waals surface area (Å²) < 4.78 is 16.7. The van der Waals surface area contributed by atoms with Crippen LogP contribution in [-0.2, 0) is 28.6 Å². The van der Waals surface area contributed by atoms with Crippen molar-refractivity contribution in [3.8, 4) is 0 Å². The van der Waals surface area contributed by atoms with Crippen molar-refractivity contribution < 1.29 is 28.6 Å². The molecular weight excluding hydrogens is 817 g/mol. The van der Waals surface area contributed by atoms with E-state index in [4.69, 9.17) is 14.2 Å². The molecule has 0 aliphatic carbocycles. The minimum atomic E-state index is -0.811. The predicted octanol–water partition coefficient (Wildman–Crippen LogP) is 18.6. The molecule has 0 spiro atoms. The number of rotatable bonds is 50. The number of carbonyl (C=O) groups is 3. The SMILES string of the molecule is CC/C=C\C/C=C\C/C=C\C/C=C\C/C=C\C/C=C\CCC(=O)OC(COC(=O)CCCCCCCCCC)COC(=O)CCCCCCCCCCCCCCCCCCCCCCC. The minimum Gasteiger partial charge on any atom is -0.462 e. The summed E-state index contributed by atoms with van der Waals surface area (Å²) >= 11 is 0. The molecule has 0 heterocycles. The van der Waals surface area contributed by atoms with Crippen LogP contribution >= 0.6 is 0 Å². The zero-order chi connectivity index (χ0) is 47.9. The molecule has 0 N–H and O–H groups in total. The quantitative estimate of drug-likeness (QED) is 0.0262. The molecule has 1 unspecified atom stereocenters. The summed E-state index contributed by atoms with van der Waals surface area (Å²) in [5, 5.41) is 0. The summed E-state index contributed by atoms with van der Waals surface area (Å²) in [4.78, 5) is 37.9. The molecule has 0 saturated carbocycles. The number of allylic oxidation sites excluding steroid dienone is 12. The smallest absolute Gasteiger partial charge is 0.306 e. The van der Waals surface area contributed by atoms with Gasteiger partial charge in [-0.15, -0.1) is 0 Å². The molecule has 0 aromatic heterocycles. The average Bonchev–Trinajstić information content (AvgIpc) is 3.31. The van der Waals surface area contributed by atoms with Gasteiger partial charge in [0, 0.05) is 19.3 Å². The Morgan fingerprint density at radius 2 is 0.591 bits per heavy atom. The van der Waals surface area contributed by atoms with Crippen LogP contribution in [-0.4, -0.2) is 37.2 Å². The summed E-state index contributed by atoms with van der Waals surface area (Å²) in [6.45, 7) is 6.45. The number of ether oxygens (including phenoxy) is 3. The maximum absolute atomic E-state index is 12.8. The normalized spacial score (nSPS) is 12.6. The van der Waals surface area contributed by atoms with E-state index >= 15 is 0 Å². The van der Waals surface area contributed by atoms with Crippen molar-refractivity contribution in [3.05, 3.63) is 72.9 Å². The van der Waals surface area contributed by atoms with Gasteiger partial charge in [-0.25, -0.2) is 0 Å². The van der Waals surface area contributed by atoms with Gasteiger partial charge in [0.05, 0.1) is 0 Å². The van der Waals surface area contributed by atoms with Gasteiger partial charge in [0.25, 0.3) is 0 Å². The fourth-order valence-corrected chi connectivity index (χ4v) is 7.82. The molecule has 0 saturated heterocycles. The highest BCUT2D eigenvalue weighted by atomic mass is 16.6. The van der Waals surface area contributed by atoms with Crippen LogP contribution in [0.3, 0.4) is 0 Å². The Morgan fingerprint density at radius 3 is 0.894 bits per heavy atom. The molecule has 0 aliphatic heterocycles. The fraction of sp³-hybridized carbons (Fsp3) is 0.750. The predicted molar refractivity (Wildman–Crippen MR) is 284 cm³/mol. The molecule has 0 rings (SSSR count). The van der Waals surface area contributed by atoms with Gasteiger partial charge in [-0.3, -0.25) is 14.4 Å². The Hall–Kier alpha value is -3.15. The zero-order valence-corrected chi connectivity index (χ0v) is 43.4. The lowest BCUT2D eigenvalue weighted by atomic mass is 10.0. The highest BCUT2D eigenvalue weighted by molar-refractivity contribution is 5.71. The van der Waals surface area contributed by atoms with Crippen LogP contribution in [0.25, 0.3) is 0 Å². The second-order valence-corrected chi connectivity index (χ2v) is 18.5. The van der Waals surface area contributed by atoms with E-state index in [0.29, 0.717) is 19.3 Å². The Morgan fingerprint density at radius 1 is 0.318 bits per heavy atom. The lowest BCUT2D eigenvalue weighted by Crippen LogP contribution is -2.30. The van der Waals surface area contributed by atoms with Gasteiger partial charge < -0.3 is 14.2 Å². The van der Waals surface area contributed by atoms with E-state index in [1.54, 1.807) is 0 Å². The first-order valence-electron chi connectivity index (χ1n) is 27.9. The van der Waals surface area contributed by atoms with Gasteiger partial charge in [-0.1, -0.05) is 267 Å². The summed E-state index contributed by atoms with van der Waals surface area (Å²) in [6.07, 6.45) is 69.2. The van der Waals surface area contributed by atoms with E-state index in [0.717, 1.165) is 77.0 Å². The summed E-state index contributed by atoms with van der Waals surface area (Å²) in [6, 6.07) is 0. The third-order valence-corrected chi connectivity index (χ3v) is 12.0. The lowest BCUT2D eigenvalue weighted by molar-refractivity contribution is -0.166. The van der Waals surface area contributed by atoms with Gasteiger partial charge in [-0.05, 0) is 57.8 Å². The monoisotopic (exact) mass is 921 g/mol. The van der Waals surface area contributed by atoms with Crippen molar-refractivity contribution >= 4 is 17.9 Å². The third-order valence-electron chi connectivity index (χ3n) is 12.0. The Labute approximate surface area is 408 Å². The van der Waals surface area contributed by atoms with Gasteiger partial charge in [0.2, 0.25) is 0 Å².